The molecule has 0 radical (unpaired) electrons. The molecule has 1 fully saturated rings. The average Bonchev–Trinajstić information content (AvgIpc) is 3.03. The lowest BCUT2D eigenvalue weighted by molar-refractivity contribution is -0.486. The molecule has 8 nitrogen and oxygen atoms in total. The van der Waals surface area contributed by atoms with E-state index in [0.29, 0.717) is 30.4 Å². The van der Waals surface area contributed by atoms with Crippen molar-refractivity contribution in [3.63, 3.8) is 0 Å². The number of benzene rings is 1. The van der Waals surface area contributed by atoms with E-state index in [9.17, 15) is 10.1 Å². The summed E-state index contributed by atoms with van der Waals surface area (Å²) in [5, 5.41) is 23.2. The number of guanidine groups is 1. The van der Waals surface area contributed by atoms with Crippen LogP contribution >= 0.6 is 11.6 Å². The fourth-order valence-electron chi connectivity index (χ4n) is 2.70. The zero-order valence-corrected chi connectivity index (χ0v) is 15.0. The van der Waals surface area contributed by atoms with E-state index in [4.69, 9.17) is 16.9 Å². The second kappa shape index (κ2) is 8.29. The number of hydrazone groups is 1. The smallest absolute Gasteiger partial charge is 0.278 e. The molecule has 9 heteroatoms. The van der Waals surface area contributed by atoms with Gasteiger partial charge in [0.15, 0.2) is 5.03 Å². The Morgan fingerprint density at radius 3 is 2.93 bits per heavy atom. The molecule has 0 spiro atoms. The van der Waals surface area contributed by atoms with Gasteiger partial charge in [-0.05, 0) is 35.4 Å². The largest absolute Gasteiger partial charge is 0.331 e. The van der Waals surface area contributed by atoms with Gasteiger partial charge < -0.3 is 9.80 Å². The number of hydrogen-bond donors (Lipinski definition) is 0. The minimum absolute atomic E-state index is 0.252. The number of halogens is 1. The Hall–Kier alpha value is -3.44. The van der Waals surface area contributed by atoms with Gasteiger partial charge in [0.25, 0.3) is 5.96 Å². The number of rotatable bonds is 5. The van der Waals surface area contributed by atoms with Crippen LogP contribution in [0.25, 0.3) is 6.08 Å². The SMILES string of the molecule is N#Cc1cccc(C=CN2CCN(Cc3ccc(Cl)nc3)C2=N[N+](=O)[O-])c1. The molecule has 0 amide bonds. The highest BCUT2D eigenvalue weighted by molar-refractivity contribution is 6.29. The highest BCUT2D eigenvalue weighted by Crippen LogP contribution is 2.16. The van der Waals surface area contributed by atoms with Crippen LogP contribution in [-0.4, -0.2) is 38.9 Å². The van der Waals surface area contributed by atoms with Gasteiger partial charge in [-0.2, -0.15) is 5.26 Å². The Balaban J connectivity index is 1.79. The van der Waals surface area contributed by atoms with E-state index in [1.807, 2.05) is 17.0 Å². The van der Waals surface area contributed by atoms with Crippen LogP contribution in [0.2, 0.25) is 5.15 Å². The molecule has 0 bridgehead atoms. The minimum atomic E-state index is -0.703. The Kier molecular flexibility index (Phi) is 5.64. The Labute approximate surface area is 160 Å². The van der Waals surface area contributed by atoms with Crippen molar-refractivity contribution in [1.82, 2.24) is 14.8 Å². The van der Waals surface area contributed by atoms with Crippen molar-refractivity contribution in [3.8, 4) is 6.07 Å². The van der Waals surface area contributed by atoms with Crippen LogP contribution in [-0.2, 0) is 6.54 Å². The van der Waals surface area contributed by atoms with Crippen molar-refractivity contribution in [2.24, 2.45) is 5.10 Å². The molecule has 1 aromatic heterocycles. The van der Waals surface area contributed by atoms with Crippen LogP contribution in [0, 0.1) is 21.4 Å². The van der Waals surface area contributed by atoms with E-state index in [1.165, 1.54) is 0 Å². The minimum Gasteiger partial charge on any atom is -0.331 e. The molecular formula is C18H15ClN6O2. The predicted molar refractivity (Wildman–Crippen MR) is 101 cm³/mol. The van der Waals surface area contributed by atoms with Crippen molar-refractivity contribution in [3.05, 3.63) is 80.8 Å². The lowest BCUT2D eigenvalue weighted by Gasteiger charge is -2.18. The van der Waals surface area contributed by atoms with Crippen molar-refractivity contribution >= 4 is 23.6 Å². The maximum atomic E-state index is 11.0. The molecule has 2 heterocycles. The summed E-state index contributed by atoms with van der Waals surface area (Å²) >= 11 is 5.79. The van der Waals surface area contributed by atoms with Gasteiger partial charge in [0, 0.05) is 32.0 Å². The number of nitro groups is 1. The molecule has 1 aliphatic heterocycles. The third-order valence-corrected chi connectivity index (χ3v) is 4.17. The second-order valence-corrected chi connectivity index (χ2v) is 6.18. The number of pyridine rings is 1. The van der Waals surface area contributed by atoms with Gasteiger partial charge in [-0.25, -0.2) is 15.1 Å². The second-order valence-electron chi connectivity index (χ2n) is 5.79. The zero-order chi connectivity index (χ0) is 19.2. The third-order valence-electron chi connectivity index (χ3n) is 3.95. The first-order valence-corrected chi connectivity index (χ1v) is 8.46. The summed E-state index contributed by atoms with van der Waals surface area (Å²) in [4.78, 5) is 18.5. The van der Waals surface area contributed by atoms with Crippen LogP contribution in [0.1, 0.15) is 16.7 Å². The zero-order valence-electron chi connectivity index (χ0n) is 14.2. The van der Waals surface area contributed by atoms with Gasteiger partial charge >= 0.3 is 0 Å². The summed E-state index contributed by atoms with van der Waals surface area (Å²) in [5.41, 5.74) is 2.26. The predicted octanol–water partition coefficient (Wildman–Crippen LogP) is 2.94. The maximum absolute atomic E-state index is 11.0. The molecule has 2 aromatic rings. The van der Waals surface area contributed by atoms with Gasteiger partial charge in [0.05, 0.1) is 11.6 Å². The van der Waals surface area contributed by atoms with Gasteiger partial charge in [-0.1, -0.05) is 29.8 Å². The summed E-state index contributed by atoms with van der Waals surface area (Å²) in [6.45, 7) is 1.57. The van der Waals surface area contributed by atoms with E-state index in [1.54, 1.807) is 47.6 Å². The molecular weight excluding hydrogens is 368 g/mol. The first-order chi connectivity index (χ1) is 13.0. The number of aromatic nitrogens is 1. The fourth-order valence-corrected chi connectivity index (χ4v) is 2.81. The third kappa shape index (κ3) is 4.80. The van der Waals surface area contributed by atoms with Crippen LogP contribution < -0.4 is 0 Å². The van der Waals surface area contributed by atoms with Gasteiger partial charge in [-0.15, -0.1) is 0 Å². The van der Waals surface area contributed by atoms with E-state index >= 15 is 0 Å². The lowest BCUT2D eigenvalue weighted by atomic mass is 10.1. The first-order valence-electron chi connectivity index (χ1n) is 8.08. The lowest BCUT2D eigenvalue weighted by Crippen LogP contribution is -2.31. The summed E-state index contributed by atoms with van der Waals surface area (Å²) in [6, 6.07) is 12.7. The fraction of sp³-hybridized carbons (Fsp3) is 0.167. The molecule has 1 aliphatic rings. The molecule has 1 aromatic carbocycles. The van der Waals surface area contributed by atoms with Crippen LogP contribution in [0.15, 0.2) is 53.9 Å². The first kappa shape index (κ1) is 18.4. The van der Waals surface area contributed by atoms with E-state index < -0.39 is 5.03 Å². The van der Waals surface area contributed by atoms with Crippen molar-refractivity contribution in [2.75, 3.05) is 13.1 Å². The number of nitriles is 1. The molecule has 1 saturated heterocycles. The molecule has 0 aliphatic carbocycles. The Bertz CT molecular complexity index is 936. The van der Waals surface area contributed by atoms with Crippen molar-refractivity contribution in [2.45, 2.75) is 6.54 Å². The van der Waals surface area contributed by atoms with E-state index in [2.05, 4.69) is 16.2 Å². The van der Waals surface area contributed by atoms with Crippen LogP contribution in [0.5, 0.6) is 0 Å². The summed E-state index contributed by atoms with van der Waals surface area (Å²) in [7, 11) is 0. The number of hydrogen-bond acceptors (Lipinski definition) is 4. The molecule has 0 saturated carbocycles. The van der Waals surface area contributed by atoms with Crippen molar-refractivity contribution < 1.29 is 5.03 Å². The normalized spacial score (nSPS) is 15.5. The quantitative estimate of drug-likeness (QED) is 0.448. The summed E-state index contributed by atoms with van der Waals surface area (Å²) < 4.78 is 0. The van der Waals surface area contributed by atoms with Gasteiger partial charge in [0.2, 0.25) is 0 Å². The topological polar surface area (TPSA) is 98.7 Å². The molecule has 0 atom stereocenters. The highest BCUT2D eigenvalue weighted by Gasteiger charge is 2.28. The summed E-state index contributed by atoms with van der Waals surface area (Å²) in [6.07, 6.45) is 5.17. The molecule has 136 valence electrons. The van der Waals surface area contributed by atoms with E-state index in [0.717, 1.165) is 11.1 Å². The van der Waals surface area contributed by atoms with Crippen molar-refractivity contribution in [1.29, 1.82) is 5.26 Å². The summed E-state index contributed by atoms with van der Waals surface area (Å²) in [5.74, 6) is 0.252. The van der Waals surface area contributed by atoms with Crippen LogP contribution in [0.3, 0.4) is 0 Å². The van der Waals surface area contributed by atoms with Gasteiger partial charge in [0.1, 0.15) is 10.3 Å². The Morgan fingerprint density at radius 2 is 2.22 bits per heavy atom. The molecule has 0 N–H and O–H groups in total. The molecule has 27 heavy (non-hydrogen) atoms. The molecule has 0 unspecified atom stereocenters. The molecule has 3 rings (SSSR count). The van der Waals surface area contributed by atoms with E-state index in [-0.39, 0.29) is 5.96 Å². The maximum Gasteiger partial charge on any atom is 0.278 e. The Morgan fingerprint density at radius 1 is 1.37 bits per heavy atom. The monoisotopic (exact) mass is 382 g/mol. The van der Waals surface area contributed by atoms with Gasteiger partial charge in [-0.3, -0.25) is 0 Å². The highest BCUT2D eigenvalue weighted by atomic mass is 35.5. The van der Waals surface area contributed by atoms with Crippen LogP contribution in [0.4, 0.5) is 0 Å². The average molecular weight is 383 g/mol. The standard InChI is InChI=1S/C18H15ClN6O2/c19-17-5-4-16(12-21-17)13-24-9-8-23(18(24)22-25(26)27)7-6-14-2-1-3-15(10-14)11-20/h1-7,10,12H,8-9,13H2. The number of nitrogens with zero attached hydrogens (tertiary/aromatic N) is 6.